The van der Waals surface area contributed by atoms with Crippen LogP contribution in [0.3, 0.4) is 0 Å². The molecule has 3 N–H and O–H groups in total. The molecule has 53 heavy (non-hydrogen) atoms. The summed E-state index contributed by atoms with van der Waals surface area (Å²) in [4.78, 5) is 22.6. The lowest BCUT2D eigenvalue weighted by molar-refractivity contribution is -0.154. The van der Waals surface area contributed by atoms with Crippen LogP contribution in [0.4, 0.5) is 0 Å². The van der Waals surface area contributed by atoms with Crippen molar-refractivity contribution in [1.29, 1.82) is 0 Å². The van der Waals surface area contributed by atoms with E-state index >= 15 is 0 Å². The van der Waals surface area contributed by atoms with E-state index in [0.29, 0.717) is 6.61 Å². The molecular formula is C43H87O9P. The molecule has 0 radical (unpaired) electrons. The Morgan fingerprint density at radius 2 is 0.849 bits per heavy atom. The summed E-state index contributed by atoms with van der Waals surface area (Å²) in [6, 6.07) is 0. The molecule has 0 spiro atoms. The molecule has 0 aliphatic heterocycles. The Morgan fingerprint density at radius 3 is 1.23 bits per heavy atom. The molecule has 318 valence electrons. The summed E-state index contributed by atoms with van der Waals surface area (Å²) in [7, 11) is -4.51. The Balaban J connectivity index is 4.05. The van der Waals surface area contributed by atoms with Crippen molar-refractivity contribution in [2.45, 2.75) is 238 Å². The first-order valence-corrected chi connectivity index (χ1v) is 24.0. The summed E-state index contributed by atoms with van der Waals surface area (Å²) in [6.07, 6.45) is 39.2. The van der Waals surface area contributed by atoms with Crippen LogP contribution in [0.25, 0.3) is 0 Å². The average Bonchev–Trinajstić information content (AvgIpc) is 3.15. The second-order valence-electron chi connectivity index (χ2n) is 15.4. The molecular weight excluding hydrogens is 691 g/mol. The third kappa shape index (κ3) is 40.9. The third-order valence-electron chi connectivity index (χ3n) is 10.0. The van der Waals surface area contributed by atoms with Gasteiger partial charge >= 0.3 is 13.8 Å². The van der Waals surface area contributed by atoms with E-state index in [1.54, 1.807) is 0 Å². The van der Waals surface area contributed by atoms with Crippen molar-refractivity contribution in [2.75, 3.05) is 33.0 Å². The van der Waals surface area contributed by atoms with Gasteiger partial charge in [-0.25, -0.2) is 4.57 Å². The molecule has 9 nitrogen and oxygen atoms in total. The van der Waals surface area contributed by atoms with Crippen molar-refractivity contribution in [3.05, 3.63) is 0 Å². The SMILES string of the molecule is CCCCCCCCCCCCCCCCCCCCCCC(=O)O[C@H](COCCCCCCCCCCCCCC)COP(=O)(O)OC[C@@H](O)CO. The number of aliphatic hydroxyl groups is 2. The van der Waals surface area contributed by atoms with E-state index < -0.39 is 33.2 Å². The van der Waals surface area contributed by atoms with Gasteiger partial charge in [-0.15, -0.1) is 0 Å². The number of hydrogen-bond acceptors (Lipinski definition) is 8. The highest BCUT2D eigenvalue weighted by molar-refractivity contribution is 7.47. The highest BCUT2D eigenvalue weighted by Gasteiger charge is 2.26. The molecule has 3 atom stereocenters. The maximum Gasteiger partial charge on any atom is 0.472 e. The van der Waals surface area contributed by atoms with Crippen molar-refractivity contribution >= 4 is 13.8 Å². The summed E-state index contributed by atoms with van der Waals surface area (Å²) in [5.41, 5.74) is 0. The predicted octanol–water partition coefficient (Wildman–Crippen LogP) is 12.3. The number of ether oxygens (including phenoxy) is 2. The van der Waals surface area contributed by atoms with Gasteiger partial charge in [-0.2, -0.15) is 0 Å². The van der Waals surface area contributed by atoms with Gasteiger partial charge in [0.15, 0.2) is 0 Å². The van der Waals surface area contributed by atoms with Gasteiger partial charge in [0.05, 0.1) is 26.4 Å². The van der Waals surface area contributed by atoms with Crippen LogP contribution >= 0.6 is 7.82 Å². The second-order valence-corrected chi connectivity index (χ2v) is 16.9. The number of aliphatic hydroxyl groups excluding tert-OH is 2. The van der Waals surface area contributed by atoms with Gasteiger partial charge in [0.1, 0.15) is 12.2 Å². The molecule has 10 heteroatoms. The average molecular weight is 779 g/mol. The smallest absolute Gasteiger partial charge is 0.457 e. The quantitative estimate of drug-likeness (QED) is 0.0314. The van der Waals surface area contributed by atoms with Crippen molar-refractivity contribution in [2.24, 2.45) is 0 Å². The summed E-state index contributed by atoms with van der Waals surface area (Å²) in [5, 5.41) is 18.3. The van der Waals surface area contributed by atoms with Crippen molar-refractivity contribution in [3.63, 3.8) is 0 Å². The number of rotatable bonds is 44. The maximum absolute atomic E-state index is 12.6. The zero-order valence-electron chi connectivity index (χ0n) is 34.8. The fourth-order valence-corrected chi connectivity index (χ4v) is 7.38. The van der Waals surface area contributed by atoms with Crippen molar-refractivity contribution < 1.29 is 43.0 Å². The Labute approximate surface area is 327 Å². The van der Waals surface area contributed by atoms with Crippen LogP contribution < -0.4 is 0 Å². The highest BCUT2D eigenvalue weighted by Crippen LogP contribution is 2.43. The first-order valence-electron chi connectivity index (χ1n) is 22.5. The minimum atomic E-state index is -4.51. The van der Waals surface area contributed by atoms with E-state index in [4.69, 9.17) is 23.6 Å². The van der Waals surface area contributed by atoms with Gasteiger partial charge in [0.2, 0.25) is 0 Å². The van der Waals surface area contributed by atoms with E-state index in [9.17, 15) is 19.4 Å². The van der Waals surface area contributed by atoms with Crippen molar-refractivity contribution in [1.82, 2.24) is 0 Å². The molecule has 0 aliphatic rings. The van der Waals surface area contributed by atoms with Gasteiger partial charge in [-0.1, -0.05) is 206 Å². The molecule has 0 bridgehead atoms. The first-order chi connectivity index (χ1) is 25.8. The maximum atomic E-state index is 12.6. The Morgan fingerprint density at radius 1 is 0.509 bits per heavy atom. The number of hydrogen-bond donors (Lipinski definition) is 3. The van der Waals surface area contributed by atoms with E-state index in [0.717, 1.165) is 32.1 Å². The number of phosphoric ester groups is 1. The van der Waals surface area contributed by atoms with Gasteiger partial charge in [0.25, 0.3) is 0 Å². The van der Waals surface area contributed by atoms with E-state index in [1.807, 2.05) is 0 Å². The number of esters is 1. The molecule has 0 rings (SSSR count). The van der Waals surface area contributed by atoms with Gasteiger partial charge < -0.3 is 24.6 Å². The molecule has 0 aromatic rings. The molecule has 1 unspecified atom stereocenters. The topological polar surface area (TPSA) is 132 Å². The minimum Gasteiger partial charge on any atom is -0.457 e. The van der Waals surface area contributed by atoms with E-state index in [-0.39, 0.29) is 25.6 Å². The second kappa shape index (κ2) is 41.1. The molecule has 0 saturated heterocycles. The Kier molecular flexibility index (Phi) is 40.7. The number of unbranched alkanes of at least 4 members (excludes halogenated alkanes) is 30. The lowest BCUT2D eigenvalue weighted by atomic mass is 10.0. The van der Waals surface area contributed by atoms with Crippen LogP contribution in [-0.4, -0.2) is 66.3 Å². The Hall–Kier alpha value is -0.540. The molecule has 0 aromatic carbocycles. The molecule has 0 aliphatic carbocycles. The van der Waals surface area contributed by atoms with Crippen LogP contribution in [-0.2, 0) is 27.9 Å². The van der Waals surface area contributed by atoms with E-state index in [1.165, 1.54) is 173 Å². The lowest BCUT2D eigenvalue weighted by Crippen LogP contribution is -2.29. The molecule has 0 heterocycles. The van der Waals surface area contributed by atoms with Crippen LogP contribution in [0.15, 0.2) is 0 Å². The first kappa shape index (κ1) is 52.5. The number of carbonyl (C=O) groups is 1. The van der Waals surface area contributed by atoms with Gasteiger partial charge in [0, 0.05) is 13.0 Å². The third-order valence-corrected chi connectivity index (χ3v) is 11.0. The van der Waals surface area contributed by atoms with Crippen LogP contribution in [0.2, 0.25) is 0 Å². The van der Waals surface area contributed by atoms with E-state index in [2.05, 4.69) is 13.8 Å². The standard InChI is InChI=1S/C43H87O9P/c1-3-5-7-9-11-13-15-17-18-19-20-21-22-23-24-25-27-29-31-33-35-43(46)52-42(40-51-53(47,48)50-38-41(45)37-44)39-49-36-34-32-30-28-26-16-14-12-10-8-6-4-2/h41-42,44-45H,3-40H2,1-2H3,(H,47,48)/t41-,42+/m0/s1. The van der Waals surface area contributed by atoms with Crippen molar-refractivity contribution in [3.8, 4) is 0 Å². The molecule has 0 aromatic heterocycles. The summed E-state index contributed by atoms with van der Waals surface area (Å²) in [5.74, 6) is -0.376. The monoisotopic (exact) mass is 779 g/mol. The van der Waals surface area contributed by atoms with Crippen LogP contribution in [0.1, 0.15) is 226 Å². The Bertz CT molecular complexity index is 800. The largest absolute Gasteiger partial charge is 0.472 e. The van der Waals surface area contributed by atoms with Gasteiger partial charge in [-0.3, -0.25) is 13.8 Å². The predicted molar refractivity (Wildman–Crippen MR) is 219 cm³/mol. The van der Waals surface area contributed by atoms with Crippen LogP contribution in [0.5, 0.6) is 0 Å². The summed E-state index contributed by atoms with van der Waals surface area (Å²) >= 11 is 0. The molecule has 0 fully saturated rings. The fourth-order valence-electron chi connectivity index (χ4n) is 6.59. The number of phosphoric acid groups is 1. The summed E-state index contributed by atoms with van der Waals surface area (Å²) < 4.78 is 33.4. The summed E-state index contributed by atoms with van der Waals surface area (Å²) in [6.45, 7) is 3.57. The van der Waals surface area contributed by atoms with Gasteiger partial charge in [-0.05, 0) is 12.8 Å². The molecule has 0 saturated carbocycles. The molecule has 0 amide bonds. The minimum absolute atomic E-state index is 0.0578. The fraction of sp³-hybridized carbons (Fsp3) is 0.977. The zero-order valence-corrected chi connectivity index (χ0v) is 35.7. The highest BCUT2D eigenvalue weighted by atomic mass is 31.2. The zero-order chi connectivity index (χ0) is 38.9. The lowest BCUT2D eigenvalue weighted by Gasteiger charge is -2.20. The normalized spacial score (nSPS) is 14.0. The number of carbonyl (C=O) groups excluding carboxylic acids is 1. The van der Waals surface area contributed by atoms with Crippen LogP contribution in [0, 0.1) is 0 Å².